The van der Waals surface area contributed by atoms with Crippen LogP contribution in [0.4, 0.5) is 0 Å². The predicted molar refractivity (Wildman–Crippen MR) is 57.3 cm³/mol. The van der Waals surface area contributed by atoms with E-state index in [2.05, 4.69) is 15.3 Å². The summed E-state index contributed by atoms with van der Waals surface area (Å²) in [5.74, 6) is -1.19. The monoisotopic (exact) mass is 288 g/mol. The lowest BCUT2D eigenvalue weighted by Gasteiger charge is -2.05. The van der Waals surface area contributed by atoms with Crippen LogP contribution >= 0.6 is 7.82 Å². The zero-order valence-electron chi connectivity index (χ0n) is 8.81. The predicted octanol–water partition coefficient (Wildman–Crippen LogP) is -0.0651. The second-order valence-corrected chi connectivity index (χ2v) is 6.01. The molecule has 0 rings (SSSR count). The maximum absolute atomic E-state index is 11.0. The number of hydrogen-bond donors (Lipinski definition) is 2. The van der Waals surface area contributed by atoms with Crippen molar-refractivity contribution in [2.24, 2.45) is 0 Å². The summed E-state index contributed by atoms with van der Waals surface area (Å²) in [4.78, 5) is 27.2. The highest BCUT2D eigenvalue weighted by molar-refractivity contribution is 7.90. The van der Waals surface area contributed by atoms with E-state index in [4.69, 9.17) is 9.79 Å². The summed E-state index contributed by atoms with van der Waals surface area (Å²) in [5.41, 5.74) is 0. The van der Waals surface area contributed by atoms with Crippen molar-refractivity contribution in [3.05, 3.63) is 12.7 Å². The number of carbonyl (C=O) groups is 1. The molecule has 10 heteroatoms. The number of hydrogen-bond acceptors (Lipinski definition) is 6. The van der Waals surface area contributed by atoms with Crippen LogP contribution in [0.15, 0.2) is 12.7 Å². The van der Waals surface area contributed by atoms with Gasteiger partial charge in [0, 0.05) is 6.08 Å². The Bertz CT molecular complexity index is 408. The molecule has 8 nitrogen and oxygen atoms in total. The SMILES string of the molecule is C=CC(=O)OCCCCS(=O)(=O)OP(=O)(O)O. The third-order valence-corrected chi connectivity index (χ3v) is 3.88. The molecule has 0 aliphatic rings. The van der Waals surface area contributed by atoms with E-state index in [0.717, 1.165) is 6.08 Å². The molecular formula is C7H13O8PS. The Morgan fingerprint density at radius 3 is 2.41 bits per heavy atom. The minimum atomic E-state index is -5.05. The normalized spacial score (nSPS) is 12.1. The smallest absolute Gasteiger partial charge is 0.463 e. The minimum absolute atomic E-state index is 0.00369. The van der Waals surface area contributed by atoms with Gasteiger partial charge < -0.3 is 14.5 Å². The van der Waals surface area contributed by atoms with Gasteiger partial charge in [0.05, 0.1) is 12.4 Å². The van der Waals surface area contributed by atoms with Gasteiger partial charge in [0.1, 0.15) is 0 Å². The van der Waals surface area contributed by atoms with Gasteiger partial charge in [-0.25, -0.2) is 9.36 Å². The molecule has 0 aromatic heterocycles. The highest BCUT2D eigenvalue weighted by Crippen LogP contribution is 2.38. The van der Waals surface area contributed by atoms with Gasteiger partial charge in [0.2, 0.25) is 0 Å². The molecule has 0 saturated heterocycles. The van der Waals surface area contributed by atoms with Gasteiger partial charge in [-0.1, -0.05) is 6.58 Å². The lowest BCUT2D eigenvalue weighted by atomic mass is 10.4. The van der Waals surface area contributed by atoms with Crippen molar-refractivity contribution in [1.82, 2.24) is 0 Å². The number of unbranched alkanes of at least 4 members (excludes halogenated alkanes) is 1. The fourth-order valence-corrected chi connectivity index (χ4v) is 2.84. The van der Waals surface area contributed by atoms with E-state index in [1.54, 1.807) is 0 Å². The van der Waals surface area contributed by atoms with Gasteiger partial charge >= 0.3 is 13.8 Å². The lowest BCUT2D eigenvalue weighted by molar-refractivity contribution is -0.137. The van der Waals surface area contributed by atoms with Crippen LogP contribution in [0.25, 0.3) is 0 Å². The van der Waals surface area contributed by atoms with E-state index >= 15 is 0 Å². The summed E-state index contributed by atoms with van der Waals surface area (Å²) >= 11 is 0. The lowest BCUT2D eigenvalue weighted by Crippen LogP contribution is -2.10. The Kier molecular flexibility index (Phi) is 6.58. The molecule has 0 unspecified atom stereocenters. The Morgan fingerprint density at radius 2 is 1.94 bits per heavy atom. The Morgan fingerprint density at radius 1 is 1.35 bits per heavy atom. The van der Waals surface area contributed by atoms with Crippen LogP contribution in [0.3, 0.4) is 0 Å². The summed E-state index contributed by atoms with van der Waals surface area (Å²) in [6.45, 7) is 3.16. The van der Waals surface area contributed by atoms with Gasteiger partial charge in [-0.2, -0.15) is 12.4 Å². The van der Waals surface area contributed by atoms with Crippen molar-refractivity contribution in [2.75, 3.05) is 12.4 Å². The Hall–Kier alpha value is -0.730. The molecule has 0 saturated carbocycles. The molecule has 0 aliphatic heterocycles. The molecule has 0 heterocycles. The van der Waals surface area contributed by atoms with Crippen molar-refractivity contribution in [3.8, 4) is 0 Å². The molecule has 17 heavy (non-hydrogen) atoms. The second-order valence-electron chi connectivity index (χ2n) is 2.91. The third-order valence-electron chi connectivity index (χ3n) is 1.41. The Balaban J connectivity index is 3.85. The fourth-order valence-electron chi connectivity index (χ4n) is 0.798. The molecule has 2 N–H and O–H groups in total. The van der Waals surface area contributed by atoms with E-state index in [1.165, 1.54) is 0 Å². The summed E-state index contributed by atoms with van der Waals surface area (Å²) in [7, 11) is -9.32. The van der Waals surface area contributed by atoms with Crippen LogP contribution in [0.2, 0.25) is 0 Å². The minimum Gasteiger partial charge on any atom is -0.463 e. The standard InChI is InChI=1S/C7H13O8PS/c1-2-7(8)14-5-3-4-6-17(12,13)15-16(9,10)11/h2H,1,3-6H2,(H2,9,10,11). The maximum atomic E-state index is 11.0. The van der Waals surface area contributed by atoms with Crippen LogP contribution < -0.4 is 0 Å². The molecule has 0 spiro atoms. The van der Waals surface area contributed by atoms with Crippen molar-refractivity contribution in [2.45, 2.75) is 12.8 Å². The van der Waals surface area contributed by atoms with Crippen LogP contribution in [-0.4, -0.2) is 36.5 Å². The topological polar surface area (TPSA) is 127 Å². The first-order valence-electron chi connectivity index (χ1n) is 4.45. The Labute approximate surface area is 98.6 Å². The van der Waals surface area contributed by atoms with Crippen molar-refractivity contribution in [1.29, 1.82) is 0 Å². The third kappa shape index (κ3) is 10.2. The molecule has 0 aromatic carbocycles. The average molecular weight is 288 g/mol. The number of carbonyl (C=O) groups excluding carboxylic acids is 1. The largest absolute Gasteiger partial charge is 0.484 e. The summed E-state index contributed by atoms with van der Waals surface area (Å²) in [5, 5.41) is 0. The van der Waals surface area contributed by atoms with Crippen LogP contribution in [0.1, 0.15) is 12.8 Å². The van der Waals surface area contributed by atoms with E-state index in [-0.39, 0.29) is 19.4 Å². The van der Waals surface area contributed by atoms with Crippen LogP contribution in [0.5, 0.6) is 0 Å². The highest BCUT2D eigenvalue weighted by Gasteiger charge is 2.24. The van der Waals surface area contributed by atoms with Gasteiger partial charge in [-0.05, 0) is 12.8 Å². The average Bonchev–Trinajstić information content (AvgIpc) is 2.12. The number of ether oxygens (including phenoxy) is 1. The molecule has 0 amide bonds. The quantitative estimate of drug-likeness (QED) is 0.275. The molecule has 0 aromatic rings. The van der Waals surface area contributed by atoms with Crippen molar-refractivity contribution < 1.29 is 36.3 Å². The molecule has 0 radical (unpaired) electrons. The van der Waals surface area contributed by atoms with Crippen LogP contribution in [-0.2, 0) is 28.2 Å². The fraction of sp³-hybridized carbons (Fsp3) is 0.571. The van der Waals surface area contributed by atoms with E-state index in [9.17, 15) is 17.8 Å². The van der Waals surface area contributed by atoms with Gasteiger partial charge in [-0.3, -0.25) is 0 Å². The van der Waals surface area contributed by atoms with Gasteiger partial charge in [0.15, 0.2) is 0 Å². The molecule has 0 fully saturated rings. The first-order chi connectivity index (χ1) is 7.66. The van der Waals surface area contributed by atoms with Gasteiger partial charge in [0.25, 0.3) is 10.1 Å². The molecule has 100 valence electrons. The highest BCUT2D eigenvalue weighted by atomic mass is 32.2. The second kappa shape index (κ2) is 6.87. The van der Waals surface area contributed by atoms with E-state index in [0.29, 0.717) is 0 Å². The maximum Gasteiger partial charge on any atom is 0.484 e. The molecule has 0 atom stereocenters. The number of rotatable bonds is 8. The van der Waals surface area contributed by atoms with Gasteiger partial charge in [-0.15, -0.1) is 0 Å². The molecule has 0 bridgehead atoms. The van der Waals surface area contributed by atoms with E-state index < -0.39 is 29.7 Å². The first kappa shape index (κ1) is 16.3. The summed E-state index contributed by atoms with van der Waals surface area (Å²) in [6, 6.07) is 0. The summed E-state index contributed by atoms with van der Waals surface area (Å²) < 4.78 is 40.3. The molecule has 0 aliphatic carbocycles. The molecular weight excluding hydrogens is 275 g/mol. The first-order valence-corrected chi connectivity index (χ1v) is 7.56. The summed E-state index contributed by atoms with van der Waals surface area (Å²) in [6.07, 6.45) is 1.24. The number of phosphoric acid groups is 1. The zero-order valence-corrected chi connectivity index (χ0v) is 10.5. The van der Waals surface area contributed by atoms with Crippen LogP contribution in [0, 0.1) is 0 Å². The van der Waals surface area contributed by atoms with E-state index in [1.807, 2.05) is 0 Å². The zero-order chi connectivity index (χ0) is 13.5. The number of esters is 1. The van der Waals surface area contributed by atoms with Crippen molar-refractivity contribution in [3.63, 3.8) is 0 Å². The van der Waals surface area contributed by atoms with Crippen molar-refractivity contribution >= 4 is 23.9 Å².